The van der Waals surface area contributed by atoms with Gasteiger partial charge >= 0.3 is 0 Å². The highest BCUT2D eigenvalue weighted by molar-refractivity contribution is 7.89. The summed E-state index contributed by atoms with van der Waals surface area (Å²) in [5.74, 6) is 2.06. The highest BCUT2D eigenvalue weighted by Gasteiger charge is 2.21. The van der Waals surface area contributed by atoms with Gasteiger partial charge in [-0.15, -0.1) is 0 Å². The third kappa shape index (κ3) is 4.92. The maximum Gasteiger partial charge on any atom is 0.242 e. The van der Waals surface area contributed by atoms with Crippen molar-refractivity contribution in [3.8, 4) is 0 Å². The molecule has 1 amide bonds. The summed E-state index contributed by atoms with van der Waals surface area (Å²) in [7, 11) is -0.563. The highest BCUT2D eigenvalue weighted by atomic mass is 32.2. The Balaban J connectivity index is 1.55. The smallest absolute Gasteiger partial charge is 0.242 e. The molecule has 0 unspecified atom stereocenters. The number of hydrogen-bond acceptors (Lipinski definition) is 6. The number of carbonyl (C=O) groups is 1. The second-order valence-electron chi connectivity index (χ2n) is 8.12. The summed E-state index contributed by atoms with van der Waals surface area (Å²) in [5, 5.41) is 0. The summed E-state index contributed by atoms with van der Waals surface area (Å²) in [6.07, 6.45) is 3.83. The van der Waals surface area contributed by atoms with Crippen LogP contribution in [0.5, 0.6) is 0 Å². The van der Waals surface area contributed by atoms with Crippen LogP contribution in [-0.4, -0.2) is 47.2 Å². The predicted octanol–water partition coefficient (Wildman–Crippen LogP) is 3.65. The zero-order valence-electron chi connectivity index (χ0n) is 19.5. The Morgan fingerprint density at radius 2 is 1.68 bits per heavy atom. The van der Waals surface area contributed by atoms with Crippen LogP contribution in [0.3, 0.4) is 0 Å². The van der Waals surface area contributed by atoms with E-state index in [-0.39, 0.29) is 17.2 Å². The molecule has 3 aromatic heterocycles. The third-order valence-corrected chi connectivity index (χ3v) is 7.47. The number of hydrogen-bond donors (Lipinski definition) is 0. The van der Waals surface area contributed by atoms with Crippen LogP contribution in [-0.2, 0) is 40.9 Å². The lowest BCUT2D eigenvalue weighted by atomic mass is 10.2. The van der Waals surface area contributed by atoms with Crippen LogP contribution in [0.4, 0.5) is 0 Å². The maximum atomic E-state index is 13.2. The number of imidazole rings is 1. The van der Waals surface area contributed by atoms with Crippen LogP contribution in [0.2, 0.25) is 0 Å². The first-order valence-corrected chi connectivity index (χ1v) is 12.5. The summed E-state index contributed by atoms with van der Waals surface area (Å²) in [6.45, 7) is 3.32. The van der Waals surface area contributed by atoms with E-state index in [0.29, 0.717) is 43.1 Å². The quantitative estimate of drug-likeness (QED) is 0.340. The molecule has 9 nitrogen and oxygen atoms in total. The van der Waals surface area contributed by atoms with Gasteiger partial charge in [-0.3, -0.25) is 4.79 Å². The SMILES string of the molecule is CCn1c(CCC(=O)N(Cc2ccco2)Cc2ccco2)nc2cc(S(=O)(=O)N(C)C)ccc21. The average Bonchev–Trinajstić information content (AvgIpc) is 3.57. The second kappa shape index (κ2) is 9.86. The lowest BCUT2D eigenvalue weighted by Gasteiger charge is -2.20. The average molecular weight is 485 g/mol. The Bertz CT molecular complexity index is 1320. The molecule has 0 radical (unpaired) electrons. The number of aryl methyl sites for hydroxylation is 2. The topological polar surface area (TPSA) is 102 Å². The number of furan rings is 2. The van der Waals surface area contributed by atoms with Crippen molar-refractivity contribution in [2.45, 2.75) is 44.3 Å². The van der Waals surface area contributed by atoms with Crippen molar-refractivity contribution in [2.24, 2.45) is 0 Å². The first kappa shape index (κ1) is 23.8. The number of benzene rings is 1. The fourth-order valence-electron chi connectivity index (χ4n) is 3.86. The Hall–Kier alpha value is -3.37. The number of amides is 1. The summed E-state index contributed by atoms with van der Waals surface area (Å²) in [4.78, 5) is 19.7. The van der Waals surface area contributed by atoms with E-state index in [2.05, 4.69) is 4.98 Å². The minimum atomic E-state index is -3.56. The van der Waals surface area contributed by atoms with Gasteiger partial charge < -0.3 is 18.3 Å². The van der Waals surface area contributed by atoms with E-state index >= 15 is 0 Å². The summed E-state index contributed by atoms with van der Waals surface area (Å²) < 4.78 is 39.1. The fraction of sp³-hybridized carbons (Fsp3) is 0.333. The van der Waals surface area contributed by atoms with E-state index in [0.717, 1.165) is 11.3 Å². The molecule has 0 saturated carbocycles. The summed E-state index contributed by atoms with van der Waals surface area (Å²) in [5.41, 5.74) is 1.43. The van der Waals surface area contributed by atoms with Crippen molar-refractivity contribution in [1.29, 1.82) is 0 Å². The summed E-state index contributed by atoms with van der Waals surface area (Å²) in [6, 6.07) is 12.2. The van der Waals surface area contributed by atoms with E-state index in [1.807, 2.05) is 23.6 Å². The maximum absolute atomic E-state index is 13.2. The van der Waals surface area contributed by atoms with Crippen molar-refractivity contribution in [1.82, 2.24) is 18.8 Å². The molecule has 0 aliphatic carbocycles. The zero-order chi connectivity index (χ0) is 24.3. The van der Waals surface area contributed by atoms with E-state index in [4.69, 9.17) is 8.83 Å². The molecule has 0 aliphatic heterocycles. The molecule has 0 bridgehead atoms. The molecule has 0 atom stereocenters. The van der Waals surface area contributed by atoms with Crippen molar-refractivity contribution in [3.63, 3.8) is 0 Å². The zero-order valence-corrected chi connectivity index (χ0v) is 20.3. The van der Waals surface area contributed by atoms with E-state index in [9.17, 15) is 13.2 Å². The third-order valence-electron chi connectivity index (χ3n) is 5.66. The Labute approximate surface area is 198 Å². The van der Waals surface area contributed by atoms with Gasteiger partial charge in [0.2, 0.25) is 15.9 Å². The van der Waals surface area contributed by atoms with Crippen LogP contribution in [0.1, 0.15) is 30.7 Å². The molecule has 1 aromatic carbocycles. The standard InChI is InChI=1S/C24H28N4O5S/c1-4-28-22-10-9-20(34(30,31)26(2)3)15-21(22)25-23(28)11-12-24(29)27(16-18-7-5-13-32-18)17-19-8-6-14-33-19/h5-10,13-15H,4,11-12,16-17H2,1-3H3. The molecule has 4 aromatic rings. The van der Waals surface area contributed by atoms with Gasteiger partial charge in [0, 0.05) is 33.5 Å². The van der Waals surface area contributed by atoms with Crippen molar-refractivity contribution < 1.29 is 22.0 Å². The van der Waals surface area contributed by atoms with Crippen LogP contribution >= 0.6 is 0 Å². The number of sulfonamides is 1. The van der Waals surface area contributed by atoms with Gasteiger partial charge in [-0.05, 0) is 49.4 Å². The monoisotopic (exact) mass is 484 g/mol. The highest BCUT2D eigenvalue weighted by Crippen LogP contribution is 2.23. The molecule has 34 heavy (non-hydrogen) atoms. The molecule has 0 aliphatic rings. The van der Waals surface area contributed by atoms with E-state index in [1.54, 1.807) is 47.8 Å². The minimum Gasteiger partial charge on any atom is -0.467 e. The molecular formula is C24H28N4O5S. The van der Waals surface area contributed by atoms with Crippen LogP contribution in [0.25, 0.3) is 11.0 Å². The molecule has 3 heterocycles. The van der Waals surface area contributed by atoms with Crippen molar-refractivity contribution in [3.05, 3.63) is 72.3 Å². The number of rotatable bonds is 10. The van der Waals surface area contributed by atoms with Crippen LogP contribution in [0, 0.1) is 0 Å². The van der Waals surface area contributed by atoms with Crippen LogP contribution in [0.15, 0.2) is 68.7 Å². The van der Waals surface area contributed by atoms with Gasteiger partial charge in [0.05, 0.1) is 41.5 Å². The Kier molecular flexibility index (Phi) is 6.90. The largest absolute Gasteiger partial charge is 0.467 e. The number of carbonyl (C=O) groups excluding carboxylic acids is 1. The van der Waals surface area contributed by atoms with Gasteiger partial charge in [0.1, 0.15) is 17.3 Å². The lowest BCUT2D eigenvalue weighted by molar-refractivity contribution is -0.133. The number of aromatic nitrogens is 2. The van der Waals surface area contributed by atoms with Gasteiger partial charge in [0.25, 0.3) is 0 Å². The van der Waals surface area contributed by atoms with E-state index < -0.39 is 10.0 Å². The second-order valence-corrected chi connectivity index (χ2v) is 10.3. The van der Waals surface area contributed by atoms with E-state index in [1.165, 1.54) is 18.4 Å². The minimum absolute atomic E-state index is 0.0571. The molecule has 180 valence electrons. The molecule has 0 spiro atoms. The molecular weight excluding hydrogens is 456 g/mol. The number of nitrogens with zero attached hydrogens (tertiary/aromatic N) is 4. The first-order chi connectivity index (χ1) is 16.3. The summed E-state index contributed by atoms with van der Waals surface area (Å²) >= 11 is 0. The molecule has 0 saturated heterocycles. The van der Waals surface area contributed by atoms with Gasteiger partial charge in [-0.25, -0.2) is 17.7 Å². The fourth-order valence-corrected chi connectivity index (χ4v) is 4.79. The first-order valence-electron chi connectivity index (χ1n) is 11.0. The van der Waals surface area contributed by atoms with Crippen molar-refractivity contribution in [2.75, 3.05) is 14.1 Å². The molecule has 4 rings (SSSR count). The normalized spacial score (nSPS) is 12.0. The Morgan fingerprint density at radius 3 is 2.21 bits per heavy atom. The van der Waals surface area contributed by atoms with Crippen molar-refractivity contribution >= 4 is 27.0 Å². The van der Waals surface area contributed by atoms with Gasteiger partial charge in [-0.2, -0.15) is 0 Å². The Morgan fingerprint density at radius 1 is 1.03 bits per heavy atom. The number of fused-ring (bicyclic) bond motifs is 1. The van der Waals surface area contributed by atoms with Gasteiger partial charge in [-0.1, -0.05) is 0 Å². The molecule has 10 heteroatoms. The lowest BCUT2D eigenvalue weighted by Crippen LogP contribution is -2.30. The predicted molar refractivity (Wildman–Crippen MR) is 126 cm³/mol. The van der Waals surface area contributed by atoms with Crippen LogP contribution < -0.4 is 0 Å². The van der Waals surface area contributed by atoms with Gasteiger partial charge in [0.15, 0.2) is 0 Å². The molecule has 0 N–H and O–H groups in total. The molecule has 0 fully saturated rings.